The van der Waals surface area contributed by atoms with Gasteiger partial charge in [-0.2, -0.15) is 0 Å². The first-order chi connectivity index (χ1) is 15.8. The lowest BCUT2D eigenvalue weighted by atomic mass is 9.88. The van der Waals surface area contributed by atoms with E-state index in [1.165, 1.54) is 16.8 Å². The molecule has 0 aliphatic carbocycles. The Balaban J connectivity index is 2.66. The molecule has 198 valence electrons. The molecular weight excluding hydrogens is 476 g/mol. The van der Waals surface area contributed by atoms with E-state index in [9.17, 15) is 9.59 Å². The Labute approximate surface area is 212 Å². The molecule has 1 aliphatic heterocycles. The normalized spacial score (nSPS) is 26.1. The van der Waals surface area contributed by atoms with Crippen LogP contribution in [0.2, 0.25) is 36.3 Å². The van der Waals surface area contributed by atoms with E-state index in [1.807, 2.05) is 6.08 Å². The summed E-state index contributed by atoms with van der Waals surface area (Å²) in [6.45, 7) is 30.4. The smallest absolute Gasteiger partial charge is 0.330 e. The van der Waals surface area contributed by atoms with Gasteiger partial charge < -0.3 is 13.6 Å². The summed E-state index contributed by atoms with van der Waals surface area (Å²) in [5, 5.41) is -0.0225. The van der Waals surface area contributed by atoms with E-state index in [0.29, 0.717) is 6.42 Å². The van der Waals surface area contributed by atoms with Crippen molar-refractivity contribution < 1.29 is 13.6 Å². The van der Waals surface area contributed by atoms with Gasteiger partial charge in [-0.3, -0.25) is 14.3 Å². The predicted molar refractivity (Wildman–Crippen MR) is 148 cm³/mol. The molecule has 1 aromatic heterocycles. The Hall–Kier alpha value is -1.53. The summed E-state index contributed by atoms with van der Waals surface area (Å²) < 4.78 is 21.9. The average Bonchev–Trinajstić information content (AvgIpc) is 2.98. The topological polar surface area (TPSA) is 82.6 Å². The number of rotatable bonds is 9. The monoisotopic (exact) mass is 522 g/mol. The summed E-state index contributed by atoms with van der Waals surface area (Å²) in [6.07, 6.45) is 4.57. The number of hydrogen-bond donors (Lipinski definition) is 1. The highest BCUT2D eigenvalue weighted by Crippen LogP contribution is 2.50. The van der Waals surface area contributed by atoms with Gasteiger partial charge in [-0.05, 0) is 42.7 Å². The maximum Gasteiger partial charge on any atom is 0.330 e. The third-order valence-corrected chi connectivity index (χ3v) is 17.1. The fraction of sp³-hybridized carbons (Fsp3) is 0.692. The Bertz CT molecular complexity index is 1030. The van der Waals surface area contributed by atoms with E-state index >= 15 is 0 Å². The number of nitrogens with zero attached hydrogens (tertiary/aromatic N) is 1. The second kappa shape index (κ2) is 10.1. The van der Waals surface area contributed by atoms with Gasteiger partial charge in [0.05, 0.1) is 12.7 Å². The van der Waals surface area contributed by atoms with Gasteiger partial charge in [-0.1, -0.05) is 53.7 Å². The Morgan fingerprint density at radius 1 is 1.09 bits per heavy atom. The number of allylic oxidation sites excluding steroid dienone is 1. The SMILES string of the molecule is C=CC[C@H]1[C@H](n2ccc(=O)[nH]c2=O)O[C@](C=C)(CO[Si](C)(C)C(C)(C)C)[C@H]1O[Si](C)(C)C(C)(C)C. The molecule has 7 nitrogen and oxygen atoms in total. The van der Waals surface area contributed by atoms with Crippen LogP contribution in [0, 0.1) is 5.92 Å². The van der Waals surface area contributed by atoms with E-state index in [1.54, 1.807) is 6.08 Å². The molecule has 35 heavy (non-hydrogen) atoms. The summed E-state index contributed by atoms with van der Waals surface area (Å²) >= 11 is 0. The number of aromatic amines is 1. The molecule has 1 fully saturated rings. The minimum absolute atomic E-state index is 0.0134. The summed E-state index contributed by atoms with van der Waals surface area (Å²) in [6, 6.07) is 1.33. The van der Waals surface area contributed by atoms with Crippen molar-refractivity contribution in [2.24, 2.45) is 5.92 Å². The van der Waals surface area contributed by atoms with Gasteiger partial charge in [0.15, 0.2) is 16.6 Å². The number of nitrogens with one attached hydrogen (secondary N) is 1. The lowest BCUT2D eigenvalue weighted by Gasteiger charge is -2.45. The van der Waals surface area contributed by atoms with Gasteiger partial charge in [-0.15, -0.1) is 13.2 Å². The molecule has 4 atom stereocenters. The molecule has 0 saturated carbocycles. The minimum Gasteiger partial charge on any atom is -0.413 e. The van der Waals surface area contributed by atoms with Crippen LogP contribution >= 0.6 is 0 Å². The van der Waals surface area contributed by atoms with Crippen molar-refractivity contribution in [3.05, 3.63) is 58.4 Å². The van der Waals surface area contributed by atoms with E-state index < -0.39 is 45.8 Å². The van der Waals surface area contributed by atoms with Crippen LogP contribution in [0.1, 0.15) is 54.2 Å². The number of H-pyrrole nitrogens is 1. The molecule has 0 bridgehead atoms. The van der Waals surface area contributed by atoms with Gasteiger partial charge in [-0.25, -0.2) is 4.79 Å². The van der Waals surface area contributed by atoms with Crippen molar-refractivity contribution in [1.82, 2.24) is 9.55 Å². The zero-order chi connectivity index (χ0) is 27.0. The minimum atomic E-state index is -2.26. The summed E-state index contributed by atoms with van der Waals surface area (Å²) in [5.41, 5.74) is -1.94. The number of aromatic nitrogens is 2. The third kappa shape index (κ3) is 6.07. The van der Waals surface area contributed by atoms with Crippen LogP contribution in [-0.2, 0) is 13.6 Å². The quantitative estimate of drug-likeness (QED) is 0.337. The van der Waals surface area contributed by atoms with Crippen molar-refractivity contribution in [1.29, 1.82) is 0 Å². The van der Waals surface area contributed by atoms with Crippen LogP contribution in [0.15, 0.2) is 47.2 Å². The van der Waals surface area contributed by atoms with Crippen molar-refractivity contribution >= 4 is 16.6 Å². The van der Waals surface area contributed by atoms with Crippen LogP contribution < -0.4 is 11.2 Å². The second-order valence-corrected chi connectivity index (χ2v) is 22.3. The van der Waals surface area contributed by atoms with Crippen LogP contribution in [0.3, 0.4) is 0 Å². The van der Waals surface area contributed by atoms with Gasteiger partial charge >= 0.3 is 5.69 Å². The van der Waals surface area contributed by atoms with Gasteiger partial charge in [0.1, 0.15) is 11.8 Å². The summed E-state index contributed by atoms with van der Waals surface area (Å²) in [7, 11) is -4.39. The van der Waals surface area contributed by atoms with Crippen molar-refractivity contribution in [3.63, 3.8) is 0 Å². The third-order valence-electron chi connectivity index (χ3n) is 8.18. The first-order valence-electron chi connectivity index (χ1n) is 12.4. The molecule has 9 heteroatoms. The summed E-state index contributed by atoms with van der Waals surface area (Å²) in [5.74, 6) is -0.230. The molecule has 1 aromatic rings. The van der Waals surface area contributed by atoms with E-state index in [4.69, 9.17) is 13.6 Å². The van der Waals surface area contributed by atoms with E-state index in [0.717, 1.165) is 0 Å². The molecule has 0 spiro atoms. The maximum atomic E-state index is 12.8. The van der Waals surface area contributed by atoms with Crippen molar-refractivity contribution in [2.75, 3.05) is 6.61 Å². The van der Waals surface area contributed by atoms with E-state index in [2.05, 4.69) is 85.9 Å². The molecule has 0 amide bonds. The molecule has 1 aliphatic rings. The zero-order valence-electron chi connectivity index (χ0n) is 23.4. The molecular formula is C26H46N2O5Si2. The molecule has 1 saturated heterocycles. The van der Waals surface area contributed by atoms with Crippen LogP contribution in [0.4, 0.5) is 0 Å². The van der Waals surface area contributed by atoms with Crippen molar-refractivity contribution in [2.45, 2.75) is 102 Å². The highest BCUT2D eigenvalue weighted by molar-refractivity contribution is 6.74. The Morgan fingerprint density at radius 3 is 2.11 bits per heavy atom. The number of ether oxygens (including phenoxy) is 1. The molecule has 1 N–H and O–H groups in total. The largest absolute Gasteiger partial charge is 0.413 e. The first kappa shape index (κ1) is 29.7. The lowest BCUT2D eigenvalue weighted by Crippen LogP contribution is -2.55. The predicted octanol–water partition coefficient (Wildman–Crippen LogP) is 5.59. The van der Waals surface area contributed by atoms with Crippen molar-refractivity contribution in [3.8, 4) is 0 Å². The van der Waals surface area contributed by atoms with Crippen LogP contribution in [0.25, 0.3) is 0 Å². The molecule has 0 unspecified atom stereocenters. The lowest BCUT2D eigenvalue weighted by molar-refractivity contribution is -0.0930. The molecule has 2 heterocycles. The Morgan fingerprint density at radius 2 is 1.66 bits per heavy atom. The zero-order valence-corrected chi connectivity index (χ0v) is 25.4. The number of hydrogen-bond acceptors (Lipinski definition) is 5. The second-order valence-electron chi connectivity index (χ2n) is 12.7. The Kier molecular flexibility index (Phi) is 8.56. The molecule has 0 aromatic carbocycles. The van der Waals surface area contributed by atoms with Crippen LogP contribution in [-0.4, -0.2) is 44.5 Å². The van der Waals surface area contributed by atoms with Crippen LogP contribution in [0.5, 0.6) is 0 Å². The highest BCUT2D eigenvalue weighted by atomic mass is 28.4. The maximum absolute atomic E-state index is 12.8. The van der Waals surface area contributed by atoms with Gasteiger partial charge in [0.2, 0.25) is 0 Å². The fourth-order valence-electron chi connectivity index (χ4n) is 3.74. The van der Waals surface area contributed by atoms with Gasteiger partial charge in [0, 0.05) is 18.2 Å². The first-order valence-corrected chi connectivity index (χ1v) is 18.2. The molecule has 2 rings (SSSR count). The fourth-order valence-corrected chi connectivity index (χ4v) is 6.13. The highest BCUT2D eigenvalue weighted by Gasteiger charge is 2.58. The van der Waals surface area contributed by atoms with Gasteiger partial charge in [0.25, 0.3) is 5.56 Å². The standard InChI is InChI=1S/C26H46N2O5Si2/c1-13-15-19-21(33-35(11,12)25(6,7)8)26(14-2,18-31-34(9,10)24(3,4)5)32-22(19)28-17-16-20(29)27-23(28)30/h13-14,16-17,19,21-22H,1-2,15,18H2,3-12H3,(H,27,29,30)/t19-,21+,22-,26-/m1/s1. The van der Waals surface area contributed by atoms with E-state index in [-0.39, 0.29) is 22.6 Å². The summed E-state index contributed by atoms with van der Waals surface area (Å²) in [4.78, 5) is 26.9. The average molecular weight is 523 g/mol. The molecule has 0 radical (unpaired) electrons.